The van der Waals surface area contributed by atoms with Crippen LogP contribution in [-0.4, -0.2) is 61.0 Å². The molecule has 5 fully saturated rings. The molecule has 5 aliphatic rings. The summed E-state index contributed by atoms with van der Waals surface area (Å²) in [6.07, 6.45) is 16.5. The van der Waals surface area contributed by atoms with Crippen molar-refractivity contribution in [3.05, 3.63) is 29.8 Å². The maximum absolute atomic E-state index is 13.2. The lowest BCUT2D eigenvalue weighted by Crippen LogP contribution is -2.50. The van der Waals surface area contributed by atoms with Crippen molar-refractivity contribution in [3.63, 3.8) is 0 Å². The minimum absolute atomic E-state index is 0.251. The van der Waals surface area contributed by atoms with Gasteiger partial charge < -0.3 is 14.7 Å². The molecule has 180 valence electrons. The molecule has 1 unspecified atom stereocenters. The van der Waals surface area contributed by atoms with E-state index >= 15 is 0 Å². The predicted octanol–water partition coefficient (Wildman–Crippen LogP) is 5.57. The summed E-state index contributed by atoms with van der Waals surface area (Å²) >= 11 is 0. The van der Waals surface area contributed by atoms with E-state index in [2.05, 4.69) is 39.0 Å². The normalized spacial score (nSPS) is 30.7. The maximum Gasteiger partial charge on any atom is 0.253 e. The van der Waals surface area contributed by atoms with Gasteiger partial charge in [0, 0.05) is 43.5 Å². The van der Waals surface area contributed by atoms with Crippen molar-refractivity contribution in [2.24, 2.45) is 17.3 Å². The van der Waals surface area contributed by atoms with Gasteiger partial charge in [0.15, 0.2) is 0 Å². The number of likely N-dealkylation sites (tertiary alicyclic amines) is 2. The smallest absolute Gasteiger partial charge is 0.253 e. The molecular weight excluding hydrogens is 406 g/mol. The fraction of sp³-hybridized carbons (Fsp3) is 0.759. The summed E-state index contributed by atoms with van der Waals surface area (Å²) in [5.74, 6) is 1.87. The number of carbonyl (C=O) groups is 1. The minimum atomic E-state index is 0.251. The van der Waals surface area contributed by atoms with E-state index in [0.717, 1.165) is 36.5 Å². The van der Waals surface area contributed by atoms with E-state index in [-0.39, 0.29) is 5.91 Å². The molecule has 1 aromatic carbocycles. The molecule has 2 atom stereocenters. The first-order valence-corrected chi connectivity index (χ1v) is 14.1. The Morgan fingerprint density at radius 2 is 1.39 bits per heavy atom. The molecule has 1 spiro atoms. The number of nitrogens with zero attached hydrogens (tertiary/aromatic N) is 3. The summed E-state index contributed by atoms with van der Waals surface area (Å²) in [7, 11) is 0. The standard InChI is InChI=1S/C29H43N3O/c33-28(32-17-12-23-4-1-2-5-25(23)22-32)24-8-10-27(11-9-24)31-20-15-29(16-21-31)13-18-30(19-14-29)26-6-3-7-26/h8-11,23,25-26H,1-7,12-22H2/t23?,25-/m1/s1. The van der Waals surface area contributed by atoms with Crippen molar-refractivity contribution in [1.29, 1.82) is 0 Å². The van der Waals surface area contributed by atoms with Crippen molar-refractivity contribution >= 4 is 11.6 Å². The zero-order valence-corrected chi connectivity index (χ0v) is 20.5. The zero-order valence-electron chi connectivity index (χ0n) is 20.5. The monoisotopic (exact) mass is 449 g/mol. The van der Waals surface area contributed by atoms with E-state index in [0.29, 0.717) is 5.41 Å². The van der Waals surface area contributed by atoms with Crippen LogP contribution in [0.4, 0.5) is 5.69 Å². The number of fused-ring (bicyclic) bond motifs is 1. The molecule has 4 nitrogen and oxygen atoms in total. The highest BCUT2D eigenvalue weighted by Crippen LogP contribution is 2.43. The van der Waals surface area contributed by atoms with Crippen molar-refractivity contribution < 1.29 is 4.79 Å². The molecule has 3 aliphatic heterocycles. The molecule has 0 N–H and O–H groups in total. The van der Waals surface area contributed by atoms with Crippen molar-refractivity contribution in [3.8, 4) is 0 Å². The highest BCUT2D eigenvalue weighted by atomic mass is 16.2. The molecule has 33 heavy (non-hydrogen) atoms. The van der Waals surface area contributed by atoms with Gasteiger partial charge in [0.05, 0.1) is 0 Å². The summed E-state index contributed by atoms with van der Waals surface area (Å²) in [4.78, 5) is 20.7. The third kappa shape index (κ3) is 4.45. The number of amides is 1. The first-order chi connectivity index (χ1) is 16.2. The number of benzene rings is 1. The molecule has 1 amide bonds. The highest BCUT2D eigenvalue weighted by Gasteiger charge is 2.40. The highest BCUT2D eigenvalue weighted by molar-refractivity contribution is 5.94. The van der Waals surface area contributed by atoms with E-state index in [1.54, 1.807) is 0 Å². The molecule has 3 saturated heterocycles. The lowest BCUT2D eigenvalue weighted by molar-refractivity contribution is 0.0306. The number of rotatable bonds is 3. The Balaban J connectivity index is 1.02. The van der Waals surface area contributed by atoms with E-state index in [4.69, 9.17) is 0 Å². The zero-order chi connectivity index (χ0) is 22.3. The summed E-state index contributed by atoms with van der Waals surface area (Å²) in [5.41, 5.74) is 2.78. The molecule has 2 saturated carbocycles. The lowest BCUT2D eigenvalue weighted by atomic mass is 9.70. The SMILES string of the molecule is O=C(c1ccc(N2CCC3(CC2)CCN(C2CCC2)CC3)cc1)N1CCC2CCCC[C@@H]2C1. The maximum atomic E-state index is 13.2. The van der Waals surface area contributed by atoms with Crippen molar-refractivity contribution in [2.75, 3.05) is 44.2 Å². The largest absolute Gasteiger partial charge is 0.371 e. The topological polar surface area (TPSA) is 26.8 Å². The minimum Gasteiger partial charge on any atom is -0.371 e. The van der Waals surface area contributed by atoms with Crippen LogP contribution in [0.3, 0.4) is 0 Å². The second-order valence-electron chi connectivity index (χ2n) is 12.0. The summed E-state index contributed by atoms with van der Waals surface area (Å²) in [5, 5.41) is 0. The number of hydrogen-bond donors (Lipinski definition) is 0. The number of anilines is 1. The van der Waals surface area contributed by atoms with Gasteiger partial charge in [-0.15, -0.1) is 0 Å². The van der Waals surface area contributed by atoms with Gasteiger partial charge >= 0.3 is 0 Å². The van der Waals surface area contributed by atoms with Crippen molar-refractivity contribution in [2.45, 2.75) is 83.1 Å². The van der Waals surface area contributed by atoms with Crippen LogP contribution in [0.5, 0.6) is 0 Å². The Bertz CT molecular complexity index is 814. The van der Waals surface area contributed by atoms with Crippen LogP contribution >= 0.6 is 0 Å². The Morgan fingerprint density at radius 3 is 2.06 bits per heavy atom. The van der Waals surface area contributed by atoms with Crippen LogP contribution in [0.25, 0.3) is 0 Å². The van der Waals surface area contributed by atoms with Crippen LogP contribution in [-0.2, 0) is 0 Å². The summed E-state index contributed by atoms with van der Waals surface area (Å²) in [6.45, 7) is 6.95. The molecule has 0 aromatic heterocycles. The molecule has 0 radical (unpaired) electrons. The van der Waals surface area contributed by atoms with Crippen LogP contribution in [0, 0.1) is 17.3 Å². The van der Waals surface area contributed by atoms with Gasteiger partial charge in [0.1, 0.15) is 0 Å². The number of hydrogen-bond acceptors (Lipinski definition) is 3. The number of carbonyl (C=O) groups excluding carboxylic acids is 1. The lowest BCUT2D eigenvalue weighted by Gasteiger charge is -2.50. The molecule has 2 aliphatic carbocycles. The predicted molar refractivity (Wildman–Crippen MR) is 135 cm³/mol. The Kier molecular flexibility index (Phi) is 6.15. The molecule has 4 heteroatoms. The molecule has 0 bridgehead atoms. The molecule has 3 heterocycles. The fourth-order valence-electron chi connectivity index (χ4n) is 7.64. The Hall–Kier alpha value is -1.55. The van der Waals surface area contributed by atoms with E-state index < -0.39 is 0 Å². The van der Waals surface area contributed by atoms with Crippen LogP contribution < -0.4 is 4.90 Å². The summed E-state index contributed by atoms with van der Waals surface area (Å²) in [6, 6.07) is 9.51. The molecule has 1 aromatic rings. The third-order valence-corrected chi connectivity index (χ3v) is 10.3. The van der Waals surface area contributed by atoms with Gasteiger partial charge in [-0.1, -0.05) is 25.7 Å². The first kappa shape index (κ1) is 21.9. The average molecular weight is 450 g/mol. The Labute approximate surface area is 200 Å². The van der Waals surface area contributed by atoms with Crippen LogP contribution in [0.2, 0.25) is 0 Å². The van der Waals surface area contributed by atoms with Gasteiger partial charge in [-0.25, -0.2) is 0 Å². The number of piperidine rings is 3. The van der Waals surface area contributed by atoms with Gasteiger partial charge in [0.2, 0.25) is 0 Å². The van der Waals surface area contributed by atoms with E-state index in [1.807, 2.05) is 0 Å². The molecule has 6 rings (SSSR count). The second-order valence-corrected chi connectivity index (χ2v) is 12.0. The van der Waals surface area contributed by atoms with Gasteiger partial charge in [-0.05, 0) is 106 Å². The van der Waals surface area contributed by atoms with Crippen LogP contribution in [0.1, 0.15) is 87.4 Å². The summed E-state index contributed by atoms with van der Waals surface area (Å²) < 4.78 is 0. The first-order valence-electron chi connectivity index (χ1n) is 14.1. The Morgan fingerprint density at radius 1 is 0.727 bits per heavy atom. The molecular formula is C29H43N3O. The second kappa shape index (κ2) is 9.24. The van der Waals surface area contributed by atoms with E-state index in [1.165, 1.54) is 109 Å². The van der Waals surface area contributed by atoms with Gasteiger partial charge in [-0.2, -0.15) is 0 Å². The van der Waals surface area contributed by atoms with Crippen LogP contribution in [0.15, 0.2) is 24.3 Å². The van der Waals surface area contributed by atoms with Gasteiger partial charge in [-0.3, -0.25) is 4.79 Å². The van der Waals surface area contributed by atoms with Crippen molar-refractivity contribution in [1.82, 2.24) is 9.80 Å². The third-order valence-electron chi connectivity index (χ3n) is 10.3. The fourth-order valence-corrected chi connectivity index (χ4v) is 7.64. The quantitative estimate of drug-likeness (QED) is 0.603. The average Bonchev–Trinajstić information content (AvgIpc) is 2.84. The van der Waals surface area contributed by atoms with E-state index in [9.17, 15) is 4.79 Å². The van der Waals surface area contributed by atoms with Gasteiger partial charge in [0.25, 0.3) is 5.91 Å².